The number of aryl methyl sites for hydroxylation is 1. The third kappa shape index (κ3) is 4.18. The lowest BCUT2D eigenvalue weighted by molar-refractivity contribution is -0.137. The van der Waals surface area contributed by atoms with Crippen LogP contribution in [0.15, 0.2) is 23.4 Å². The second-order valence-corrected chi connectivity index (χ2v) is 10.9. The van der Waals surface area contributed by atoms with Crippen molar-refractivity contribution in [1.82, 2.24) is 19.7 Å². The molecule has 5 rings (SSSR count). The van der Waals surface area contributed by atoms with Gasteiger partial charge in [0.15, 0.2) is 0 Å². The Bertz CT molecular complexity index is 1230. The van der Waals surface area contributed by atoms with Crippen molar-refractivity contribution in [2.45, 2.75) is 57.4 Å². The first-order valence-corrected chi connectivity index (χ1v) is 13.4. The molecular formula is C24H30N6O2S2. The van der Waals surface area contributed by atoms with Crippen LogP contribution in [0, 0.1) is 5.92 Å². The maximum atomic E-state index is 13.3. The first kappa shape index (κ1) is 23.2. The molecule has 10 heteroatoms. The standard InChI is InChI=1S/C24H30N6O2S2/c1-5-8-30(13(2)3)24(31)14-6-7-15-19(9-14)33-23-21(15)22(25-12-26-23)27-16-11-20-17(28-29-34-20)10-18(16)32-4/h10-14,28-29H,5-9H2,1-4H3,(H,25,26,27)/t14-/m0/s1. The van der Waals surface area contributed by atoms with Crippen LogP contribution in [0.1, 0.15) is 44.1 Å². The van der Waals surface area contributed by atoms with Gasteiger partial charge in [0.25, 0.3) is 0 Å². The van der Waals surface area contributed by atoms with Gasteiger partial charge in [0.05, 0.1) is 28.8 Å². The molecule has 0 fully saturated rings. The molecule has 0 unspecified atom stereocenters. The van der Waals surface area contributed by atoms with Crippen LogP contribution in [-0.2, 0) is 17.6 Å². The Morgan fingerprint density at radius 3 is 2.97 bits per heavy atom. The fourth-order valence-electron chi connectivity index (χ4n) is 4.79. The molecule has 0 saturated carbocycles. The topological polar surface area (TPSA) is 91.4 Å². The van der Waals surface area contributed by atoms with Crippen molar-refractivity contribution in [2.24, 2.45) is 5.92 Å². The maximum Gasteiger partial charge on any atom is 0.226 e. The maximum absolute atomic E-state index is 13.3. The van der Waals surface area contributed by atoms with E-state index < -0.39 is 0 Å². The zero-order valence-electron chi connectivity index (χ0n) is 19.9. The number of methoxy groups -OCH3 is 1. The van der Waals surface area contributed by atoms with Gasteiger partial charge >= 0.3 is 0 Å². The van der Waals surface area contributed by atoms with Crippen LogP contribution in [0.5, 0.6) is 5.75 Å². The average Bonchev–Trinajstić information content (AvgIpc) is 3.45. The molecule has 2 aliphatic rings. The van der Waals surface area contributed by atoms with Crippen LogP contribution in [0.3, 0.4) is 0 Å². The summed E-state index contributed by atoms with van der Waals surface area (Å²) < 4.78 is 5.63. The minimum absolute atomic E-state index is 0.0349. The minimum Gasteiger partial charge on any atom is -0.494 e. The monoisotopic (exact) mass is 498 g/mol. The molecule has 3 N–H and O–H groups in total. The average molecular weight is 499 g/mol. The van der Waals surface area contributed by atoms with Crippen LogP contribution in [-0.4, -0.2) is 40.5 Å². The Kier molecular flexibility index (Phi) is 6.54. The van der Waals surface area contributed by atoms with Crippen LogP contribution in [0.4, 0.5) is 17.2 Å². The van der Waals surface area contributed by atoms with Gasteiger partial charge in [0.2, 0.25) is 5.91 Å². The number of carbonyl (C=O) groups is 1. The fraction of sp³-hybridized carbons (Fsp3) is 0.458. The Hall–Kier alpha value is -2.56. The van der Waals surface area contributed by atoms with Crippen molar-refractivity contribution in [3.8, 4) is 5.75 Å². The molecule has 0 radical (unpaired) electrons. The van der Waals surface area contributed by atoms with E-state index in [4.69, 9.17) is 4.74 Å². The number of hydrogen-bond acceptors (Lipinski definition) is 9. The van der Waals surface area contributed by atoms with Crippen LogP contribution < -0.4 is 20.3 Å². The number of rotatable bonds is 7. The summed E-state index contributed by atoms with van der Waals surface area (Å²) in [7, 11) is 1.67. The third-order valence-corrected chi connectivity index (χ3v) is 8.39. The molecule has 0 bridgehead atoms. The summed E-state index contributed by atoms with van der Waals surface area (Å²) in [6.45, 7) is 7.15. The molecule has 1 aliphatic carbocycles. The second-order valence-electron chi connectivity index (χ2n) is 8.97. The molecule has 34 heavy (non-hydrogen) atoms. The molecule has 180 valence electrons. The van der Waals surface area contributed by atoms with E-state index in [0.29, 0.717) is 0 Å². The number of aromatic nitrogens is 2. The van der Waals surface area contributed by atoms with Crippen molar-refractivity contribution in [3.63, 3.8) is 0 Å². The second kappa shape index (κ2) is 9.59. The summed E-state index contributed by atoms with van der Waals surface area (Å²) in [5, 5.41) is 4.57. The van der Waals surface area contributed by atoms with Crippen LogP contribution in [0.25, 0.3) is 10.2 Å². The largest absolute Gasteiger partial charge is 0.494 e. The zero-order valence-corrected chi connectivity index (χ0v) is 21.5. The number of amides is 1. The third-order valence-electron chi connectivity index (χ3n) is 6.47. The number of nitrogens with zero attached hydrogens (tertiary/aromatic N) is 3. The molecule has 2 aromatic heterocycles. The number of fused-ring (bicyclic) bond motifs is 4. The highest BCUT2D eigenvalue weighted by molar-refractivity contribution is 7.98. The van der Waals surface area contributed by atoms with Gasteiger partial charge in [-0.05, 0) is 63.1 Å². The van der Waals surface area contributed by atoms with Crippen LogP contribution >= 0.6 is 23.3 Å². The predicted molar refractivity (Wildman–Crippen MR) is 139 cm³/mol. The molecule has 1 atom stereocenters. The van der Waals surface area contributed by atoms with Gasteiger partial charge in [0, 0.05) is 29.4 Å². The Labute approximate surface area is 208 Å². The van der Waals surface area contributed by atoms with E-state index in [2.05, 4.69) is 52.4 Å². The van der Waals surface area contributed by atoms with Crippen molar-refractivity contribution < 1.29 is 9.53 Å². The lowest BCUT2D eigenvalue weighted by Crippen LogP contribution is -2.42. The van der Waals surface area contributed by atoms with Gasteiger partial charge < -0.3 is 20.4 Å². The molecule has 1 aromatic carbocycles. The first-order chi connectivity index (χ1) is 16.5. The number of hydrazine groups is 1. The molecule has 0 saturated heterocycles. The summed E-state index contributed by atoms with van der Waals surface area (Å²) in [5.41, 5.74) is 6.24. The molecule has 1 aliphatic heterocycles. The fourth-order valence-corrected chi connectivity index (χ4v) is 6.72. The lowest BCUT2D eigenvalue weighted by Gasteiger charge is -2.32. The lowest BCUT2D eigenvalue weighted by atomic mass is 9.86. The number of ether oxygens (including phenoxy) is 1. The first-order valence-electron chi connectivity index (χ1n) is 11.7. The van der Waals surface area contributed by atoms with E-state index >= 15 is 0 Å². The molecule has 1 amide bonds. The van der Waals surface area contributed by atoms with Crippen LogP contribution in [0.2, 0.25) is 0 Å². The smallest absolute Gasteiger partial charge is 0.226 e. The van der Waals surface area contributed by atoms with E-state index in [1.54, 1.807) is 24.8 Å². The van der Waals surface area contributed by atoms with Gasteiger partial charge in [-0.3, -0.25) is 4.79 Å². The van der Waals surface area contributed by atoms with Gasteiger partial charge in [-0.1, -0.05) is 6.92 Å². The Morgan fingerprint density at radius 1 is 1.35 bits per heavy atom. The summed E-state index contributed by atoms with van der Waals surface area (Å²) in [4.78, 5) is 30.9. The normalized spacial score (nSPS) is 16.8. The van der Waals surface area contributed by atoms with E-state index in [9.17, 15) is 4.79 Å². The quantitative estimate of drug-likeness (QED) is 0.386. The summed E-state index contributed by atoms with van der Waals surface area (Å²) in [5.74, 6) is 1.84. The number of carbonyl (C=O) groups excluding carboxylic acids is 1. The van der Waals surface area contributed by atoms with E-state index in [1.165, 1.54) is 22.4 Å². The van der Waals surface area contributed by atoms with Gasteiger partial charge in [-0.25, -0.2) is 9.97 Å². The summed E-state index contributed by atoms with van der Waals surface area (Å²) in [6, 6.07) is 4.25. The van der Waals surface area contributed by atoms with Gasteiger partial charge in [-0.15, -0.1) is 11.3 Å². The summed E-state index contributed by atoms with van der Waals surface area (Å²) >= 11 is 3.22. The zero-order chi connectivity index (χ0) is 23.8. The van der Waals surface area contributed by atoms with E-state index in [-0.39, 0.29) is 17.9 Å². The molecular weight excluding hydrogens is 468 g/mol. The highest BCUT2D eigenvalue weighted by atomic mass is 32.2. The van der Waals surface area contributed by atoms with Crippen molar-refractivity contribution in [1.29, 1.82) is 0 Å². The number of thiophene rings is 1. The van der Waals surface area contributed by atoms with Crippen molar-refractivity contribution in [2.75, 3.05) is 24.4 Å². The molecule has 8 nitrogen and oxygen atoms in total. The minimum atomic E-state index is 0.0349. The highest BCUT2D eigenvalue weighted by Crippen LogP contribution is 2.43. The van der Waals surface area contributed by atoms with Crippen molar-refractivity contribution >= 4 is 56.6 Å². The molecule has 0 spiro atoms. The number of benzene rings is 1. The van der Waals surface area contributed by atoms with E-state index in [1.807, 2.05) is 11.0 Å². The van der Waals surface area contributed by atoms with Crippen molar-refractivity contribution in [3.05, 3.63) is 28.9 Å². The number of hydrogen-bond donors (Lipinski definition) is 3. The number of anilines is 3. The Balaban J connectivity index is 1.45. The van der Waals surface area contributed by atoms with Gasteiger partial charge in [-0.2, -0.15) is 4.83 Å². The molecule has 3 aromatic rings. The van der Waals surface area contributed by atoms with Gasteiger partial charge in [0.1, 0.15) is 22.7 Å². The predicted octanol–water partition coefficient (Wildman–Crippen LogP) is 5.13. The number of nitrogens with one attached hydrogen (secondary N) is 3. The van der Waals surface area contributed by atoms with E-state index in [0.717, 1.165) is 70.3 Å². The highest BCUT2D eigenvalue weighted by Gasteiger charge is 2.32. The summed E-state index contributed by atoms with van der Waals surface area (Å²) in [6.07, 6.45) is 5.07. The SMILES string of the molecule is CCCN(C(=O)[C@H]1CCc2c(sc3ncnc(Nc4cc5c(cc4OC)NNS5)c23)C1)C(C)C. The Morgan fingerprint density at radius 2 is 2.21 bits per heavy atom. The molecule has 3 heterocycles.